The Morgan fingerprint density at radius 3 is 3.19 bits per heavy atom. The summed E-state index contributed by atoms with van der Waals surface area (Å²) >= 11 is 0. The van der Waals surface area contributed by atoms with Gasteiger partial charge in [0.05, 0.1) is 18.2 Å². The van der Waals surface area contributed by atoms with E-state index in [1.165, 1.54) is 0 Å². The molecule has 3 rings (SSSR count). The van der Waals surface area contributed by atoms with Crippen LogP contribution in [0.2, 0.25) is 0 Å². The molecule has 0 fully saturated rings. The molecule has 2 aromatic rings. The highest BCUT2D eigenvalue weighted by atomic mass is 16.5. The van der Waals surface area contributed by atoms with Crippen LogP contribution in [-0.2, 0) is 0 Å². The average Bonchev–Trinajstić information content (AvgIpc) is 2.74. The lowest BCUT2D eigenvalue weighted by Crippen LogP contribution is -2.15. The number of aliphatic hydroxyl groups is 1. The van der Waals surface area contributed by atoms with Crippen LogP contribution in [0.3, 0.4) is 0 Å². The van der Waals surface area contributed by atoms with Crippen molar-refractivity contribution in [3.05, 3.63) is 42.5 Å². The summed E-state index contributed by atoms with van der Waals surface area (Å²) in [6, 6.07) is 7.82. The molecule has 82 valence electrons. The van der Waals surface area contributed by atoms with Crippen molar-refractivity contribution in [1.82, 2.24) is 9.55 Å². The zero-order valence-electron chi connectivity index (χ0n) is 8.71. The first-order valence-electron chi connectivity index (χ1n) is 5.26. The zero-order chi connectivity index (χ0) is 11.0. The van der Waals surface area contributed by atoms with Gasteiger partial charge in [-0.3, -0.25) is 4.57 Å². The van der Waals surface area contributed by atoms with Gasteiger partial charge in [-0.2, -0.15) is 0 Å². The molecule has 0 bridgehead atoms. The topological polar surface area (TPSA) is 47.3 Å². The summed E-state index contributed by atoms with van der Waals surface area (Å²) in [6.45, 7) is 0.509. The maximum absolute atomic E-state index is 9.33. The van der Waals surface area contributed by atoms with Crippen LogP contribution >= 0.6 is 0 Å². The van der Waals surface area contributed by atoms with Crippen molar-refractivity contribution in [1.29, 1.82) is 0 Å². The number of para-hydroxylation sites is 2. The summed E-state index contributed by atoms with van der Waals surface area (Å²) in [5, 5.41) is 9.33. The van der Waals surface area contributed by atoms with Crippen LogP contribution < -0.4 is 4.74 Å². The van der Waals surface area contributed by atoms with E-state index < -0.39 is 0 Å². The van der Waals surface area contributed by atoms with Crippen molar-refractivity contribution in [2.75, 3.05) is 13.2 Å². The predicted octanol–water partition coefficient (Wildman–Crippen LogP) is 1.34. The molecule has 0 saturated carbocycles. The minimum atomic E-state index is -0.0672. The predicted molar refractivity (Wildman–Crippen MR) is 58.9 cm³/mol. The van der Waals surface area contributed by atoms with Gasteiger partial charge in [-0.05, 0) is 12.1 Å². The minimum absolute atomic E-state index is 0.0466. The molecule has 4 nitrogen and oxygen atoms in total. The fourth-order valence-electron chi connectivity index (χ4n) is 2.00. The van der Waals surface area contributed by atoms with Gasteiger partial charge in [0.1, 0.15) is 18.2 Å². The van der Waals surface area contributed by atoms with E-state index in [0.29, 0.717) is 6.61 Å². The smallest absolute Gasteiger partial charge is 0.143 e. The molecule has 0 amide bonds. The SMILES string of the molecule is OC[C@H]1COc2ccccc2-n2ccnc21. The summed E-state index contributed by atoms with van der Waals surface area (Å²) in [7, 11) is 0. The monoisotopic (exact) mass is 216 g/mol. The molecule has 0 radical (unpaired) electrons. The van der Waals surface area contributed by atoms with Crippen molar-refractivity contribution in [2.24, 2.45) is 0 Å². The third-order valence-corrected chi connectivity index (χ3v) is 2.82. The molecule has 1 aliphatic rings. The second-order valence-electron chi connectivity index (χ2n) is 3.81. The first kappa shape index (κ1) is 9.42. The summed E-state index contributed by atoms with van der Waals surface area (Å²) in [5.41, 5.74) is 0.978. The van der Waals surface area contributed by atoms with E-state index in [9.17, 15) is 5.11 Å². The van der Waals surface area contributed by atoms with Crippen molar-refractivity contribution in [2.45, 2.75) is 5.92 Å². The van der Waals surface area contributed by atoms with Crippen LogP contribution in [0.4, 0.5) is 0 Å². The van der Waals surface area contributed by atoms with E-state index >= 15 is 0 Å². The number of fused-ring (bicyclic) bond motifs is 3. The highest BCUT2D eigenvalue weighted by Gasteiger charge is 2.23. The van der Waals surface area contributed by atoms with Crippen LogP contribution in [0.25, 0.3) is 5.69 Å². The fourth-order valence-corrected chi connectivity index (χ4v) is 2.00. The van der Waals surface area contributed by atoms with Crippen molar-refractivity contribution < 1.29 is 9.84 Å². The summed E-state index contributed by atoms with van der Waals surface area (Å²) < 4.78 is 7.65. The van der Waals surface area contributed by atoms with E-state index in [1.807, 2.05) is 35.0 Å². The maximum Gasteiger partial charge on any atom is 0.143 e. The van der Waals surface area contributed by atoms with E-state index in [2.05, 4.69) is 4.98 Å². The molecule has 1 aliphatic heterocycles. The lowest BCUT2D eigenvalue weighted by Gasteiger charge is -2.09. The number of hydrogen-bond donors (Lipinski definition) is 1. The Kier molecular flexibility index (Phi) is 2.15. The van der Waals surface area contributed by atoms with Crippen LogP contribution in [0.15, 0.2) is 36.7 Å². The van der Waals surface area contributed by atoms with Crippen molar-refractivity contribution in [3.8, 4) is 11.4 Å². The normalized spacial score (nSPS) is 18.2. The van der Waals surface area contributed by atoms with Crippen LogP contribution in [0, 0.1) is 0 Å². The maximum atomic E-state index is 9.33. The third kappa shape index (κ3) is 1.31. The number of nitrogens with zero attached hydrogens (tertiary/aromatic N) is 2. The van der Waals surface area contributed by atoms with E-state index in [0.717, 1.165) is 17.3 Å². The molecule has 1 aromatic carbocycles. The number of aromatic nitrogens is 2. The fraction of sp³-hybridized carbons (Fsp3) is 0.250. The van der Waals surface area contributed by atoms with E-state index in [-0.39, 0.29) is 12.5 Å². The van der Waals surface area contributed by atoms with Gasteiger partial charge in [-0.1, -0.05) is 12.1 Å². The Labute approximate surface area is 93.1 Å². The van der Waals surface area contributed by atoms with Gasteiger partial charge >= 0.3 is 0 Å². The lowest BCUT2D eigenvalue weighted by atomic mass is 10.1. The molecule has 0 unspecified atom stereocenters. The Hall–Kier alpha value is -1.81. The Morgan fingerprint density at radius 1 is 1.44 bits per heavy atom. The second-order valence-corrected chi connectivity index (χ2v) is 3.81. The highest BCUT2D eigenvalue weighted by Crippen LogP contribution is 2.30. The Balaban J connectivity index is 2.20. The first-order valence-corrected chi connectivity index (χ1v) is 5.26. The quantitative estimate of drug-likeness (QED) is 0.782. The second kappa shape index (κ2) is 3.64. The molecule has 1 aromatic heterocycles. The number of hydrogen-bond acceptors (Lipinski definition) is 3. The molecule has 0 saturated heterocycles. The van der Waals surface area contributed by atoms with Crippen molar-refractivity contribution in [3.63, 3.8) is 0 Å². The number of imidazole rings is 1. The molecule has 2 heterocycles. The van der Waals surface area contributed by atoms with Gasteiger partial charge in [-0.15, -0.1) is 0 Å². The zero-order valence-corrected chi connectivity index (χ0v) is 8.71. The third-order valence-electron chi connectivity index (χ3n) is 2.82. The van der Waals surface area contributed by atoms with Crippen LogP contribution in [0.1, 0.15) is 11.7 Å². The number of rotatable bonds is 1. The highest BCUT2D eigenvalue weighted by molar-refractivity contribution is 5.48. The Bertz CT molecular complexity index is 507. The molecule has 0 spiro atoms. The van der Waals surface area contributed by atoms with Crippen molar-refractivity contribution >= 4 is 0 Å². The number of ether oxygens (including phenoxy) is 1. The van der Waals surface area contributed by atoms with Gasteiger partial charge in [0.15, 0.2) is 0 Å². The van der Waals surface area contributed by atoms with Gasteiger partial charge in [0, 0.05) is 12.4 Å². The lowest BCUT2D eigenvalue weighted by molar-refractivity contribution is 0.204. The summed E-state index contributed by atoms with van der Waals surface area (Å²) in [6.07, 6.45) is 3.64. The van der Waals surface area contributed by atoms with Gasteiger partial charge in [0.2, 0.25) is 0 Å². The van der Waals surface area contributed by atoms with E-state index in [4.69, 9.17) is 4.74 Å². The van der Waals surface area contributed by atoms with Gasteiger partial charge in [0.25, 0.3) is 0 Å². The first-order chi connectivity index (χ1) is 7.90. The molecule has 1 atom stereocenters. The minimum Gasteiger partial charge on any atom is -0.491 e. The Morgan fingerprint density at radius 2 is 2.31 bits per heavy atom. The van der Waals surface area contributed by atoms with E-state index in [1.54, 1.807) is 6.20 Å². The van der Waals surface area contributed by atoms with Gasteiger partial charge < -0.3 is 9.84 Å². The van der Waals surface area contributed by atoms with Crippen LogP contribution in [-0.4, -0.2) is 27.9 Å². The average molecular weight is 216 g/mol. The number of benzene rings is 1. The molecular weight excluding hydrogens is 204 g/mol. The van der Waals surface area contributed by atoms with Gasteiger partial charge in [-0.25, -0.2) is 4.98 Å². The molecule has 1 N–H and O–H groups in total. The largest absolute Gasteiger partial charge is 0.491 e. The standard InChI is InChI=1S/C12H12N2O2/c15-7-9-8-16-11-4-2-1-3-10(11)14-6-5-13-12(9)14/h1-6,9,15H,7-8H2/t9-/m0/s1. The molecule has 0 aliphatic carbocycles. The van der Waals surface area contributed by atoms with Crippen LogP contribution in [0.5, 0.6) is 5.75 Å². The molecule has 4 heteroatoms. The summed E-state index contributed by atoms with van der Waals surface area (Å²) in [4.78, 5) is 4.29. The number of aliphatic hydroxyl groups excluding tert-OH is 1. The summed E-state index contributed by atoms with van der Waals surface area (Å²) in [5.74, 6) is 1.62. The molecular formula is C12H12N2O2. The molecule has 16 heavy (non-hydrogen) atoms.